The number of nitrogens with zero attached hydrogens (tertiary/aromatic N) is 1. The highest BCUT2D eigenvalue weighted by Crippen LogP contribution is 2.22. The summed E-state index contributed by atoms with van der Waals surface area (Å²) in [5.74, 6) is -1.56. The van der Waals surface area contributed by atoms with Gasteiger partial charge in [0.15, 0.2) is 0 Å². The predicted octanol–water partition coefficient (Wildman–Crippen LogP) is 2.65. The molecule has 4 atom stereocenters. The van der Waals surface area contributed by atoms with E-state index in [4.69, 9.17) is 0 Å². The Morgan fingerprint density at radius 1 is 0.628 bits per heavy atom. The molecule has 0 aliphatic carbocycles. The molecule has 0 saturated carbocycles. The quantitative estimate of drug-likeness (QED) is 0.281. The van der Waals surface area contributed by atoms with Crippen LogP contribution in [0.15, 0.2) is 91.1 Å². The minimum Gasteiger partial charge on any atom is -0.361 e. The molecule has 3 heterocycles. The summed E-state index contributed by atoms with van der Waals surface area (Å²) in [6, 6.07) is 23.1. The van der Waals surface area contributed by atoms with Gasteiger partial charge in [0.2, 0.25) is 23.6 Å². The highest BCUT2D eigenvalue weighted by atomic mass is 16.2. The number of nitrogens with one attached hydrogen (secondary N) is 4. The fourth-order valence-corrected chi connectivity index (χ4v) is 6.15. The molecule has 0 spiro atoms. The largest absolute Gasteiger partial charge is 0.361 e. The molecule has 4 amide bonds. The Labute approximate surface area is 250 Å². The average molecular weight is 578 g/mol. The maximum Gasteiger partial charge on any atom is 0.246 e. The van der Waals surface area contributed by atoms with Gasteiger partial charge >= 0.3 is 0 Å². The second-order valence-electron chi connectivity index (χ2n) is 11.3. The van der Waals surface area contributed by atoms with Gasteiger partial charge in [-0.3, -0.25) is 19.2 Å². The first kappa shape index (κ1) is 28.2. The van der Waals surface area contributed by atoms with E-state index in [0.29, 0.717) is 19.4 Å². The Morgan fingerprint density at radius 3 is 1.88 bits per heavy atom. The fraction of sp³-hybridized carbons (Fsp3) is 0.294. The highest BCUT2D eigenvalue weighted by Gasteiger charge is 2.40. The minimum atomic E-state index is -0.984. The number of H-pyrrole nitrogens is 1. The average Bonchev–Trinajstić information content (AvgIpc) is 3.68. The summed E-state index contributed by atoms with van der Waals surface area (Å²) in [5, 5.41) is 9.78. The Balaban J connectivity index is 1.36. The van der Waals surface area contributed by atoms with Gasteiger partial charge in [-0.25, -0.2) is 0 Å². The van der Waals surface area contributed by atoms with Crippen LogP contribution in [0.5, 0.6) is 0 Å². The summed E-state index contributed by atoms with van der Waals surface area (Å²) in [4.78, 5) is 60.3. The minimum absolute atomic E-state index is 0.201. The molecule has 3 aromatic carbocycles. The summed E-state index contributed by atoms with van der Waals surface area (Å²) in [6.45, 7) is 0.409. The molecule has 1 aromatic heterocycles. The standard InChI is InChI=1S/C34H35N5O4/c40-31-27(18-22-10-3-1-4-11-22)37-33(42)30-16-9-17-39(30)34(43)29(19-23-12-5-2-6-13-23)38-32(41)28(36-31)20-24-21-35-26-15-8-7-14-25(24)26/h1-8,10-15,21,27-30,35H,9,16-20H2,(H,36,40)(H,37,42)(H,38,41)/t27-,28-,29+,30?/m0/s1. The Morgan fingerprint density at radius 2 is 1.19 bits per heavy atom. The first-order valence-corrected chi connectivity index (χ1v) is 14.8. The molecule has 4 N–H and O–H groups in total. The molecule has 2 aliphatic rings. The van der Waals surface area contributed by atoms with E-state index in [2.05, 4.69) is 20.9 Å². The lowest BCUT2D eigenvalue weighted by Gasteiger charge is -2.32. The SMILES string of the molecule is O=C1N[C@@H](Cc2ccccc2)C(=O)N[C@@H](Cc2c[nH]c3ccccc23)C(=O)N[C@H](Cc2ccccc2)C(=O)N2CCCC12. The van der Waals surface area contributed by atoms with Gasteiger partial charge in [0.25, 0.3) is 0 Å². The number of amides is 4. The number of para-hydroxylation sites is 1. The Bertz CT molecular complexity index is 1620. The van der Waals surface area contributed by atoms with Gasteiger partial charge in [0.05, 0.1) is 0 Å². The van der Waals surface area contributed by atoms with Crippen molar-refractivity contribution in [3.63, 3.8) is 0 Å². The smallest absolute Gasteiger partial charge is 0.246 e. The zero-order valence-corrected chi connectivity index (χ0v) is 23.8. The van der Waals surface area contributed by atoms with Gasteiger partial charge in [0.1, 0.15) is 24.2 Å². The van der Waals surface area contributed by atoms with E-state index in [1.807, 2.05) is 91.1 Å². The van der Waals surface area contributed by atoms with Crippen molar-refractivity contribution in [2.45, 2.75) is 56.3 Å². The van der Waals surface area contributed by atoms with Gasteiger partial charge in [-0.2, -0.15) is 0 Å². The van der Waals surface area contributed by atoms with Crippen molar-refractivity contribution in [3.8, 4) is 0 Å². The van der Waals surface area contributed by atoms with Crippen molar-refractivity contribution in [2.24, 2.45) is 0 Å². The molecule has 2 aliphatic heterocycles. The molecule has 2 saturated heterocycles. The van der Waals surface area contributed by atoms with Crippen molar-refractivity contribution in [3.05, 3.63) is 108 Å². The van der Waals surface area contributed by atoms with E-state index in [0.717, 1.165) is 27.6 Å². The summed E-state index contributed by atoms with van der Waals surface area (Å²) in [7, 11) is 0. The van der Waals surface area contributed by atoms with Gasteiger partial charge in [-0.15, -0.1) is 0 Å². The first-order chi connectivity index (χ1) is 21.0. The molecule has 220 valence electrons. The normalized spacial score (nSPS) is 23.1. The van der Waals surface area contributed by atoms with Crippen molar-refractivity contribution >= 4 is 34.5 Å². The number of carbonyl (C=O) groups excluding carboxylic acids is 4. The lowest BCUT2D eigenvalue weighted by atomic mass is 9.99. The molecule has 4 aromatic rings. The van der Waals surface area contributed by atoms with Crippen molar-refractivity contribution in [2.75, 3.05) is 6.54 Å². The summed E-state index contributed by atoms with van der Waals surface area (Å²) in [5.41, 5.74) is 3.53. The van der Waals surface area contributed by atoms with Crippen LogP contribution in [0.2, 0.25) is 0 Å². The number of aromatic nitrogens is 1. The molecule has 1 unspecified atom stereocenters. The van der Waals surface area contributed by atoms with Crippen LogP contribution in [0, 0.1) is 0 Å². The maximum atomic E-state index is 14.0. The molecular weight excluding hydrogens is 542 g/mol. The van der Waals surface area contributed by atoms with E-state index in [-0.39, 0.29) is 31.1 Å². The summed E-state index contributed by atoms with van der Waals surface area (Å²) in [6.07, 6.45) is 3.70. The zero-order chi connectivity index (χ0) is 29.8. The fourth-order valence-electron chi connectivity index (χ4n) is 6.15. The second-order valence-corrected chi connectivity index (χ2v) is 11.3. The van der Waals surface area contributed by atoms with Crippen molar-refractivity contribution in [1.29, 1.82) is 0 Å². The third kappa shape index (κ3) is 6.30. The zero-order valence-electron chi connectivity index (χ0n) is 23.8. The number of hydrogen-bond acceptors (Lipinski definition) is 4. The maximum absolute atomic E-state index is 14.0. The van der Waals surface area contributed by atoms with Crippen molar-refractivity contribution in [1.82, 2.24) is 25.8 Å². The van der Waals surface area contributed by atoms with Crippen LogP contribution in [0.4, 0.5) is 0 Å². The highest BCUT2D eigenvalue weighted by molar-refractivity contribution is 5.98. The van der Waals surface area contributed by atoms with Crippen molar-refractivity contribution < 1.29 is 19.2 Å². The Hall–Kier alpha value is -4.92. The van der Waals surface area contributed by atoms with Crippen LogP contribution in [0.1, 0.15) is 29.5 Å². The number of aromatic amines is 1. The van der Waals surface area contributed by atoms with E-state index in [1.54, 1.807) is 4.90 Å². The van der Waals surface area contributed by atoms with E-state index in [9.17, 15) is 19.2 Å². The van der Waals surface area contributed by atoms with Crippen LogP contribution in [0.3, 0.4) is 0 Å². The lowest BCUT2D eigenvalue weighted by Crippen LogP contribution is -2.62. The molecule has 0 radical (unpaired) electrons. The van der Waals surface area contributed by atoms with Crippen LogP contribution in [0.25, 0.3) is 10.9 Å². The Kier molecular flexibility index (Phi) is 8.22. The van der Waals surface area contributed by atoms with Gasteiger partial charge < -0.3 is 25.8 Å². The van der Waals surface area contributed by atoms with Gasteiger partial charge in [-0.1, -0.05) is 78.9 Å². The molecule has 0 bridgehead atoms. The van der Waals surface area contributed by atoms with E-state index >= 15 is 0 Å². The number of rotatable bonds is 6. The third-order valence-electron chi connectivity index (χ3n) is 8.38. The van der Waals surface area contributed by atoms with E-state index < -0.39 is 36.0 Å². The molecule has 9 nitrogen and oxygen atoms in total. The predicted molar refractivity (Wildman–Crippen MR) is 163 cm³/mol. The number of fused-ring (bicyclic) bond motifs is 2. The van der Waals surface area contributed by atoms with Crippen LogP contribution >= 0.6 is 0 Å². The molecule has 6 rings (SSSR count). The molecule has 43 heavy (non-hydrogen) atoms. The monoisotopic (exact) mass is 577 g/mol. The topological polar surface area (TPSA) is 123 Å². The van der Waals surface area contributed by atoms with Gasteiger partial charge in [-0.05, 0) is 35.6 Å². The summed E-state index contributed by atoms with van der Waals surface area (Å²) >= 11 is 0. The molecule has 9 heteroatoms. The second kappa shape index (κ2) is 12.5. The van der Waals surface area contributed by atoms with Crippen LogP contribution < -0.4 is 16.0 Å². The lowest BCUT2D eigenvalue weighted by molar-refractivity contribution is -0.143. The van der Waals surface area contributed by atoms with E-state index in [1.165, 1.54) is 0 Å². The number of hydrogen-bond donors (Lipinski definition) is 4. The van der Waals surface area contributed by atoms with Gasteiger partial charge in [0, 0.05) is 42.9 Å². The van der Waals surface area contributed by atoms with Crippen LogP contribution in [-0.4, -0.2) is 64.2 Å². The molecular formula is C34H35N5O4. The summed E-state index contributed by atoms with van der Waals surface area (Å²) < 4.78 is 0. The van der Waals surface area contributed by atoms with Crippen LogP contribution in [-0.2, 0) is 38.4 Å². The first-order valence-electron chi connectivity index (χ1n) is 14.8. The number of benzene rings is 3. The number of carbonyl (C=O) groups is 4. The molecule has 2 fully saturated rings. The third-order valence-corrected chi connectivity index (χ3v) is 8.38.